The van der Waals surface area contributed by atoms with E-state index in [0.29, 0.717) is 12.1 Å². The van der Waals surface area contributed by atoms with Crippen molar-refractivity contribution in [2.45, 2.75) is 25.7 Å². The molecule has 0 radical (unpaired) electrons. The van der Waals surface area contributed by atoms with Crippen LogP contribution in [0.15, 0.2) is 36.0 Å². The average Bonchev–Trinajstić information content (AvgIpc) is 2.89. The Kier molecular flexibility index (Phi) is 4.21. The van der Waals surface area contributed by atoms with Gasteiger partial charge in [0.05, 0.1) is 11.1 Å². The first kappa shape index (κ1) is 14.0. The zero-order chi connectivity index (χ0) is 13.9. The number of hydrogen-bond acceptors (Lipinski definition) is 3. The molecule has 2 nitrogen and oxygen atoms in total. The molecule has 1 aromatic heterocycles. The van der Waals surface area contributed by atoms with Crippen LogP contribution in [0.25, 0.3) is 0 Å². The van der Waals surface area contributed by atoms with E-state index in [2.05, 4.69) is 10.3 Å². The van der Waals surface area contributed by atoms with Crippen LogP contribution in [0.3, 0.4) is 0 Å². The van der Waals surface area contributed by atoms with Crippen molar-refractivity contribution >= 4 is 11.3 Å². The Morgan fingerprint density at radius 3 is 2.79 bits per heavy atom. The fraction of sp³-hybridized carbons (Fsp3) is 0.308. The minimum atomic E-state index is -4.29. The fourth-order valence-electron chi connectivity index (χ4n) is 1.67. The van der Waals surface area contributed by atoms with Gasteiger partial charge in [0.25, 0.3) is 0 Å². The average molecular weight is 286 g/mol. The second-order valence-electron chi connectivity index (χ2n) is 4.20. The molecule has 0 aliphatic rings. The molecule has 0 saturated heterocycles. The summed E-state index contributed by atoms with van der Waals surface area (Å²) in [4.78, 5) is 5.04. The van der Waals surface area contributed by atoms with Crippen molar-refractivity contribution in [2.75, 3.05) is 0 Å². The van der Waals surface area contributed by atoms with E-state index in [4.69, 9.17) is 0 Å². The molecule has 1 aromatic carbocycles. The number of alkyl halides is 3. The maximum Gasteiger partial charge on any atom is 0.416 e. The zero-order valence-electron chi connectivity index (χ0n) is 10.2. The lowest BCUT2D eigenvalue weighted by Crippen LogP contribution is -2.17. The molecule has 2 rings (SSSR count). The Morgan fingerprint density at radius 1 is 1.37 bits per heavy atom. The molecular formula is C13H13F3N2S. The molecule has 1 N–H and O–H groups in total. The van der Waals surface area contributed by atoms with E-state index in [9.17, 15) is 13.2 Å². The summed E-state index contributed by atoms with van der Waals surface area (Å²) in [5, 5.41) is 3.18. The number of thiazole rings is 1. The third-order valence-electron chi connectivity index (χ3n) is 2.74. The first-order chi connectivity index (χ1) is 8.97. The quantitative estimate of drug-likeness (QED) is 0.918. The van der Waals surface area contributed by atoms with Crippen molar-refractivity contribution in [1.82, 2.24) is 10.3 Å². The standard InChI is InChI=1S/C13H13F3N2S/c1-9(12-7-17-8-19-12)18-6-10-3-2-4-11(5-10)13(14,15)16/h2-5,7-9,18H,6H2,1H3. The van der Waals surface area contributed by atoms with Gasteiger partial charge in [-0.25, -0.2) is 0 Å². The molecule has 0 fully saturated rings. The van der Waals surface area contributed by atoms with Crippen LogP contribution < -0.4 is 5.32 Å². The van der Waals surface area contributed by atoms with Crippen LogP contribution in [-0.4, -0.2) is 4.98 Å². The Hall–Kier alpha value is -1.40. The van der Waals surface area contributed by atoms with Crippen LogP contribution in [0, 0.1) is 0 Å². The normalized spacial score (nSPS) is 13.5. The summed E-state index contributed by atoms with van der Waals surface area (Å²) in [5.41, 5.74) is 1.74. The van der Waals surface area contributed by atoms with Gasteiger partial charge in [-0.15, -0.1) is 11.3 Å². The molecule has 19 heavy (non-hydrogen) atoms. The Labute approximate surface area is 113 Å². The molecule has 0 amide bonds. The van der Waals surface area contributed by atoms with Gasteiger partial charge < -0.3 is 5.32 Å². The first-order valence-corrected chi connectivity index (χ1v) is 6.62. The van der Waals surface area contributed by atoms with E-state index in [1.165, 1.54) is 23.5 Å². The molecule has 0 aliphatic carbocycles. The number of rotatable bonds is 4. The van der Waals surface area contributed by atoms with Crippen LogP contribution in [0.1, 0.15) is 29.0 Å². The minimum Gasteiger partial charge on any atom is -0.305 e. The van der Waals surface area contributed by atoms with Gasteiger partial charge in [0.15, 0.2) is 0 Å². The molecule has 102 valence electrons. The van der Waals surface area contributed by atoms with Gasteiger partial charge >= 0.3 is 6.18 Å². The van der Waals surface area contributed by atoms with Crippen LogP contribution in [-0.2, 0) is 12.7 Å². The molecule has 2 aromatic rings. The smallest absolute Gasteiger partial charge is 0.305 e. The molecule has 0 saturated carbocycles. The summed E-state index contributed by atoms with van der Waals surface area (Å²) in [5.74, 6) is 0. The zero-order valence-corrected chi connectivity index (χ0v) is 11.1. The highest BCUT2D eigenvalue weighted by atomic mass is 32.1. The summed E-state index contributed by atoms with van der Waals surface area (Å²) in [7, 11) is 0. The molecule has 1 heterocycles. The number of aromatic nitrogens is 1. The van der Waals surface area contributed by atoms with Crippen molar-refractivity contribution in [3.05, 3.63) is 52.0 Å². The van der Waals surface area contributed by atoms with Gasteiger partial charge in [-0.3, -0.25) is 4.98 Å². The summed E-state index contributed by atoms with van der Waals surface area (Å²) in [6, 6.07) is 5.43. The molecule has 0 aliphatic heterocycles. The monoisotopic (exact) mass is 286 g/mol. The van der Waals surface area contributed by atoms with Gasteiger partial charge in [0.2, 0.25) is 0 Å². The highest BCUT2D eigenvalue weighted by Crippen LogP contribution is 2.29. The van der Waals surface area contributed by atoms with Crippen molar-refractivity contribution in [3.8, 4) is 0 Å². The van der Waals surface area contributed by atoms with Gasteiger partial charge in [-0.1, -0.05) is 18.2 Å². The van der Waals surface area contributed by atoms with Gasteiger partial charge in [-0.2, -0.15) is 13.2 Å². The van der Waals surface area contributed by atoms with Crippen molar-refractivity contribution in [2.24, 2.45) is 0 Å². The molecule has 1 atom stereocenters. The third-order valence-corrected chi connectivity index (χ3v) is 3.70. The minimum absolute atomic E-state index is 0.0713. The van der Waals surface area contributed by atoms with E-state index in [1.54, 1.807) is 17.8 Å². The maximum atomic E-state index is 12.6. The summed E-state index contributed by atoms with van der Waals surface area (Å²) >= 11 is 1.52. The maximum absolute atomic E-state index is 12.6. The van der Waals surface area contributed by atoms with E-state index in [0.717, 1.165) is 10.9 Å². The molecule has 1 unspecified atom stereocenters. The number of halogens is 3. The number of benzene rings is 1. The highest BCUT2D eigenvalue weighted by Gasteiger charge is 2.30. The van der Waals surface area contributed by atoms with Crippen molar-refractivity contribution in [3.63, 3.8) is 0 Å². The molecule has 0 spiro atoms. The van der Waals surface area contributed by atoms with Gasteiger partial charge in [0, 0.05) is 23.7 Å². The lowest BCUT2D eigenvalue weighted by Gasteiger charge is -2.13. The number of hydrogen-bond donors (Lipinski definition) is 1. The first-order valence-electron chi connectivity index (χ1n) is 5.75. The molecule has 6 heteroatoms. The van der Waals surface area contributed by atoms with E-state index in [1.807, 2.05) is 6.92 Å². The van der Waals surface area contributed by atoms with Crippen molar-refractivity contribution in [1.29, 1.82) is 0 Å². The summed E-state index contributed by atoms with van der Waals surface area (Å²) < 4.78 is 37.7. The van der Waals surface area contributed by atoms with Crippen LogP contribution in [0.5, 0.6) is 0 Å². The topological polar surface area (TPSA) is 24.9 Å². The SMILES string of the molecule is CC(NCc1cccc(C(F)(F)F)c1)c1cncs1. The highest BCUT2D eigenvalue weighted by molar-refractivity contribution is 7.09. The molecule has 0 bridgehead atoms. The largest absolute Gasteiger partial charge is 0.416 e. The van der Waals surface area contributed by atoms with Gasteiger partial charge in [-0.05, 0) is 18.6 Å². The predicted octanol–water partition coefficient (Wildman–Crippen LogP) is 4.01. The summed E-state index contributed by atoms with van der Waals surface area (Å²) in [6.45, 7) is 2.35. The van der Waals surface area contributed by atoms with E-state index in [-0.39, 0.29) is 6.04 Å². The second kappa shape index (κ2) is 5.71. The predicted molar refractivity (Wildman–Crippen MR) is 68.8 cm³/mol. The molecular weight excluding hydrogens is 273 g/mol. The van der Waals surface area contributed by atoms with Gasteiger partial charge in [0.1, 0.15) is 0 Å². The van der Waals surface area contributed by atoms with E-state index < -0.39 is 11.7 Å². The fourth-order valence-corrected chi connectivity index (χ4v) is 2.32. The Balaban J connectivity index is 2.00. The van der Waals surface area contributed by atoms with Crippen LogP contribution in [0.4, 0.5) is 13.2 Å². The van der Waals surface area contributed by atoms with Crippen LogP contribution in [0.2, 0.25) is 0 Å². The number of nitrogens with one attached hydrogen (secondary N) is 1. The Morgan fingerprint density at radius 2 is 2.16 bits per heavy atom. The lowest BCUT2D eigenvalue weighted by atomic mass is 10.1. The second-order valence-corrected chi connectivity index (χ2v) is 5.12. The van der Waals surface area contributed by atoms with E-state index >= 15 is 0 Å². The summed E-state index contributed by atoms with van der Waals surface area (Å²) in [6.07, 6.45) is -2.53. The van der Waals surface area contributed by atoms with Crippen LogP contribution >= 0.6 is 11.3 Å². The lowest BCUT2D eigenvalue weighted by molar-refractivity contribution is -0.137. The Bertz CT molecular complexity index is 523. The number of nitrogens with zero attached hydrogens (tertiary/aromatic N) is 1. The third kappa shape index (κ3) is 3.78. The van der Waals surface area contributed by atoms with Crippen molar-refractivity contribution < 1.29 is 13.2 Å².